The quantitative estimate of drug-likeness (QED) is 0.811. The van der Waals surface area contributed by atoms with Crippen LogP contribution in [0.15, 0.2) is 42.5 Å². The monoisotopic (exact) mass is 353 g/mol. The van der Waals surface area contributed by atoms with Crippen molar-refractivity contribution in [3.8, 4) is 11.5 Å². The smallest absolute Gasteiger partial charge is 0.265 e. The van der Waals surface area contributed by atoms with Crippen LogP contribution >= 0.6 is 23.2 Å². The lowest BCUT2D eigenvalue weighted by Crippen LogP contribution is -2.32. The van der Waals surface area contributed by atoms with Gasteiger partial charge in [-0.15, -0.1) is 0 Å². The second kappa shape index (κ2) is 8.09. The maximum atomic E-state index is 12.4. The molecular formula is C17H17Cl2NO3. The predicted octanol–water partition coefficient (Wildman–Crippen LogP) is 4.80. The minimum absolute atomic E-state index is 0.301. The van der Waals surface area contributed by atoms with Crippen LogP contribution in [0.4, 0.5) is 5.69 Å². The standard InChI is InChI=1S/C17H17Cl2NO3/c1-3-13(23-15-10-5-4-9-14(15)22-2)17(21)20-12-8-6-7-11(18)16(12)19/h4-10,13H,3H2,1-2H3,(H,20,21)/t13-/m1/s1. The van der Waals surface area contributed by atoms with Gasteiger partial charge in [-0.05, 0) is 30.7 Å². The number of carbonyl (C=O) groups excluding carboxylic acids is 1. The van der Waals surface area contributed by atoms with Gasteiger partial charge >= 0.3 is 0 Å². The molecule has 0 fully saturated rings. The molecule has 1 N–H and O–H groups in total. The van der Waals surface area contributed by atoms with Gasteiger partial charge in [-0.2, -0.15) is 0 Å². The molecule has 1 amide bonds. The molecule has 0 saturated heterocycles. The number of carbonyl (C=O) groups is 1. The Hall–Kier alpha value is -1.91. The van der Waals surface area contributed by atoms with Crippen molar-refractivity contribution >= 4 is 34.8 Å². The normalized spacial score (nSPS) is 11.7. The van der Waals surface area contributed by atoms with Crippen molar-refractivity contribution in [2.24, 2.45) is 0 Å². The van der Waals surface area contributed by atoms with Gasteiger partial charge in [-0.1, -0.05) is 48.3 Å². The molecule has 0 spiro atoms. The minimum Gasteiger partial charge on any atom is -0.493 e. The molecule has 0 aliphatic carbocycles. The van der Waals surface area contributed by atoms with Crippen molar-refractivity contribution in [3.05, 3.63) is 52.5 Å². The number of benzene rings is 2. The molecule has 1 atom stereocenters. The Labute approximate surface area is 145 Å². The molecule has 0 aliphatic rings. The topological polar surface area (TPSA) is 47.6 Å². The fraction of sp³-hybridized carbons (Fsp3) is 0.235. The second-order valence-electron chi connectivity index (χ2n) is 4.76. The zero-order valence-electron chi connectivity index (χ0n) is 12.8. The Kier molecular flexibility index (Phi) is 6.13. The highest BCUT2D eigenvalue weighted by Gasteiger charge is 2.21. The van der Waals surface area contributed by atoms with E-state index in [1.165, 1.54) is 0 Å². The molecule has 0 unspecified atom stereocenters. The molecule has 23 heavy (non-hydrogen) atoms. The van der Waals surface area contributed by atoms with Crippen LogP contribution in [0.1, 0.15) is 13.3 Å². The van der Waals surface area contributed by atoms with Crippen LogP contribution in [-0.2, 0) is 4.79 Å². The third kappa shape index (κ3) is 4.30. The molecule has 0 radical (unpaired) electrons. The van der Waals surface area contributed by atoms with Crippen molar-refractivity contribution < 1.29 is 14.3 Å². The van der Waals surface area contributed by atoms with E-state index < -0.39 is 6.10 Å². The molecule has 6 heteroatoms. The van der Waals surface area contributed by atoms with E-state index >= 15 is 0 Å². The highest BCUT2D eigenvalue weighted by atomic mass is 35.5. The van der Waals surface area contributed by atoms with Gasteiger partial charge < -0.3 is 14.8 Å². The molecule has 0 saturated carbocycles. The summed E-state index contributed by atoms with van der Waals surface area (Å²) in [6, 6.07) is 12.2. The van der Waals surface area contributed by atoms with E-state index in [9.17, 15) is 4.79 Å². The Balaban J connectivity index is 2.14. The SMILES string of the molecule is CC[C@@H](Oc1ccccc1OC)C(=O)Nc1cccc(Cl)c1Cl. The first-order chi connectivity index (χ1) is 11.1. The fourth-order valence-corrected chi connectivity index (χ4v) is 2.35. The maximum absolute atomic E-state index is 12.4. The number of hydrogen-bond donors (Lipinski definition) is 1. The van der Waals surface area contributed by atoms with Crippen molar-refractivity contribution in [1.82, 2.24) is 0 Å². The third-order valence-electron chi connectivity index (χ3n) is 3.21. The van der Waals surface area contributed by atoms with Crippen LogP contribution < -0.4 is 14.8 Å². The number of ether oxygens (including phenoxy) is 2. The molecule has 2 aromatic rings. The summed E-state index contributed by atoms with van der Waals surface area (Å²) in [4.78, 5) is 12.4. The number of anilines is 1. The molecule has 2 aromatic carbocycles. The Morgan fingerprint density at radius 3 is 2.48 bits per heavy atom. The lowest BCUT2D eigenvalue weighted by molar-refractivity contribution is -0.122. The van der Waals surface area contributed by atoms with Crippen molar-refractivity contribution in [2.75, 3.05) is 12.4 Å². The summed E-state index contributed by atoms with van der Waals surface area (Å²) in [5.74, 6) is 0.774. The van der Waals surface area contributed by atoms with Gasteiger partial charge in [0.1, 0.15) is 0 Å². The number of nitrogens with one attached hydrogen (secondary N) is 1. The molecule has 4 nitrogen and oxygen atoms in total. The fourth-order valence-electron chi connectivity index (χ4n) is 2.01. The van der Waals surface area contributed by atoms with Gasteiger partial charge in [-0.25, -0.2) is 0 Å². The largest absolute Gasteiger partial charge is 0.493 e. The number of rotatable bonds is 6. The van der Waals surface area contributed by atoms with E-state index in [0.717, 1.165) is 0 Å². The molecule has 122 valence electrons. The second-order valence-corrected chi connectivity index (χ2v) is 5.54. The molecular weight excluding hydrogens is 337 g/mol. The number of hydrogen-bond acceptors (Lipinski definition) is 3. The lowest BCUT2D eigenvalue weighted by atomic mass is 10.2. The minimum atomic E-state index is -0.679. The highest BCUT2D eigenvalue weighted by molar-refractivity contribution is 6.44. The van der Waals surface area contributed by atoms with Crippen molar-refractivity contribution in [1.29, 1.82) is 0 Å². The Bertz CT molecular complexity index is 691. The van der Waals surface area contributed by atoms with Crippen LogP contribution in [0.2, 0.25) is 10.0 Å². The molecule has 2 rings (SSSR count). The van der Waals surface area contributed by atoms with Gasteiger partial charge in [0.2, 0.25) is 0 Å². The average molecular weight is 354 g/mol. The number of halogens is 2. The zero-order valence-corrected chi connectivity index (χ0v) is 14.3. The maximum Gasteiger partial charge on any atom is 0.265 e. The van der Waals surface area contributed by atoms with E-state index in [0.29, 0.717) is 33.7 Å². The first-order valence-corrected chi connectivity index (χ1v) is 7.87. The summed E-state index contributed by atoms with van der Waals surface area (Å²) >= 11 is 12.0. The Morgan fingerprint density at radius 2 is 1.83 bits per heavy atom. The zero-order chi connectivity index (χ0) is 16.8. The average Bonchev–Trinajstić information content (AvgIpc) is 2.57. The summed E-state index contributed by atoms with van der Waals surface area (Å²) in [7, 11) is 1.55. The number of para-hydroxylation sites is 2. The highest BCUT2D eigenvalue weighted by Crippen LogP contribution is 2.31. The Morgan fingerprint density at radius 1 is 1.13 bits per heavy atom. The van der Waals surface area contributed by atoms with E-state index in [1.54, 1.807) is 37.4 Å². The van der Waals surface area contributed by atoms with Gasteiger partial charge in [0.15, 0.2) is 17.6 Å². The third-order valence-corrected chi connectivity index (χ3v) is 4.03. The molecule has 0 aromatic heterocycles. The van der Waals surface area contributed by atoms with Gasteiger partial charge in [-0.3, -0.25) is 4.79 Å². The predicted molar refractivity (Wildman–Crippen MR) is 92.8 cm³/mol. The number of methoxy groups -OCH3 is 1. The van der Waals surface area contributed by atoms with Crippen LogP contribution in [0, 0.1) is 0 Å². The first kappa shape index (κ1) is 17.4. The van der Waals surface area contributed by atoms with Crippen LogP contribution in [0.25, 0.3) is 0 Å². The van der Waals surface area contributed by atoms with Gasteiger partial charge in [0, 0.05) is 0 Å². The van der Waals surface area contributed by atoms with E-state index in [-0.39, 0.29) is 5.91 Å². The van der Waals surface area contributed by atoms with E-state index in [1.807, 2.05) is 19.1 Å². The van der Waals surface area contributed by atoms with Crippen LogP contribution in [0.5, 0.6) is 11.5 Å². The van der Waals surface area contributed by atoms with Crippen molar-refractivity contribution in [3.63, 3.8) is 0 Å². The molecule has 0 bridgehead atoms. The summed E-state index contributed by atoms with van der Waals surface area (Å²) in [6.07, 6.45) is -0.191. The van der Waals surface area contributed by atoms with Gasteiger partial charge in [0.25, 0.3) is 5.91 Å². The molecule has 0 heterocycles. The number of amides is 1. The first-order valence-electron chi connectivity index (χ1n) is 7.11. The molecule has 0 aliphatic heterocycles. The van der Waals surface area contributed by atoms with Crippen LogP contribution in [-0.4, -0.2) is 19.1 Å². The summed E-state index contributed by atoms with van der Waals surface area (Å²) in [6.45, 7) is 1.86. The lowest BCUT2D eigenvalue weighted by Gasteiger charge is -2.19. The summed E-state index contributed by atoms with van der Waals surface area (Å²) < 4.78 is 11.0. The van der Waals surface area contributed by atoms with Crippen LogP contribution in [0.3, 0.4) is 0 Å². The van der Waals surface area contributed by atoms with Crippen molar-refractivity contribution in [2.45, 2.75) is 19.4 Å². The van der Waals surface area contributed by atoms with E-state index in [4.69, 9.17) is 32.7 Å². The van der Waals surface area contributed by atoms with E-state index in [2.05, 4.69) is 5.32 Å². The van der Waals surface area contributed by atoms with Gasteiger partial charge in [0.05, 0.1) is 22.8 Å². The summed E-state index contributed by atoms with van der Waals surface area (Å²) in [5, 5.41) is 3.42. The summed E-state index contributed by atoms with van der Waals surface area (Å²) in [5.41, 5.74) is 0.450.